The van der Waals surface area contributed by atoms with Crippen molar-refractivity contribution in [3.8, 4) is 11.5 Å². The number of nitrogens with one attached hydrogen (secondary N) is 1. The van der Waals surface area contributed by atoms with Gasteiger partial charge >= 0.3 is 0 Å². The Morgan fingerprint density at radius 2 is 2.07 bits per heavy atom. The first kappa shape index (κ1) is 20.2. The normalized spacial score (nSPS) is 15.6. The predicted molar refractivity (Wildman–Crippen MR) is 105 cm³/mol. The molecule has 0 saturated carbocycles. The number of benzene rings is 2. The smallest absolute Gasteiger partial charge is 0.251 e. The van der Waals surface area contributed by atoms with Crippen molar-refractivity contribution in [3.05, 3.63) is 52.6 Å². The lowest BCUT2D eigenvalue weighted by atomic mass is 10.1. The molecule has 3 N–H and O–H groups in total. The van der Waals surface area contributed by atoms with Crippen molar-refractivity contribution >= 4 is 15.9 Å². The Labute approximate surface area is 164 Å². The maximum atomic E-state index is 12.7. The molecular weight excluding hydrogens is 380 g/mol. The first-order chi connectivity index (χ1) is 13.2. The van der Waals surface area contributed by atoms with Crippen LogP contribution in [0.15, 0.2) is 35.2 Å². The number of rotatable bonds is 6. The number of fused-ring (bicyclic) bond motifs is 1. The van der Waals surface area contributed by atoms with Gasteiger partial charge in [-0.1, -0.05) is 6.07 Å². The zero-order valence-electron chi connectivity index (χ0n) is 16.1. The van der Waals surface area contributed by atoms with E-state index in [-0.39, 0.29) is 29.0 Å². The Morgan fingerprint density at radius 3 is 2.75 bits per heavy atom. The van der Waals surface area contributed by atoms with E-state index in [2.05, 4.69) is 5.32 Å². The van der Waals surface area contributed by atoms with E-state index in [0.717, 1.165) is 23.3 Å². The van der Waals surface area contributed by atoms with E-state index >= 15 is 0 Å². The maximum absolute atomic E-state index is 12.7. The van der Waals surface area contributed by atoms with Gasteiger partial charge in [0.1, 0.15) is 17.6 Å². The van der Waals surface area contributed by atoms with E-state index in [0.29, 0.717) is 17.9 Å². The van der Waals surface area contributed by atoms with Gasteiger partial charge < -0.3 is 14.8 Å². The number of sulfonamides is 1. The summed E-state index contributed by atoms with van der Waals surface area (Å²) in [5, 5.41) is 7.99. The Balaban J connectivity index is 1.83. The van der Waals surface area contributed by atoms with Gasteiger partial charge in [0.2, 0.25) is 10.0 Å². The standard InChI is InChI=1S/C20H24N2O5S/c1-4-26-18-8-14-7-13(3)27-19(14)9-15(18)11-22-20(23)17-10-16(28(21,24)25)6-5-12(17)2/h5-6,8-10,13H,4,7,11H2,1-3H3,(H,22,23)(H2,21,24,25)/t13-/m1/s1. The van der Waals surface area contributed by atoms with Crippen molar-refractivity contribution < 1.29 is 22.7 Å². The van der Waals surface area contributed by atoms with Gasteiger partial charge in [0.15, 0.2) is 0 Å². The van der Waals surface area contributed by atoms with Crippen LogP contribution >= 0.6 is 0 Å². The van der Waals surface area contributed by atoms with Crippen LogP contribution in [-0.2, 0) is 23.0 Å². The maximum Gasteiger partial charge on any atom is 0.251 e. The molecule has 1 aliphatic heterocycles. The summed E-state index contributed by atoms with van der Waals surface area (Å²) in [7, 11) is -3.89. The molecule has 1 amide bonds. The number of carbonyl (C=O) groups is 1. The fourth-order valence-electron chi connectivity index (χ4n) is 3.20. The van der Waals surface area contributed by atoms with Gasteiger partial charge in [-0.3, -0.25) is 4.79 Å². The number of primary sulfonamides is 1. The zero-order chi connectivity index (χ0) is 20.5. The second kappa shape index (κ2) is 7.81. The number of amides is 1. The largest absolute Gasteiger partial charge is 0.494 e. The molecule has 1 heterocycles. The quantitative estimate of drug-likeness (QED) is 0.768. The van der Waals surface area contributed by atoms with Crippen molar-refractivity contribution in [2.45, 2.75) is 44.7 Å². The lowest BCUT2D eigenvalue weighted by molar-refractivity contribution is 0.0949. The summed E-state index contributed by atoms with van der Waals surface area (Å²) in [6, 6.07) is 8.07. The van der Waals surface area contributed by atoms with Crippen LogP contribution < -0.4 is 19.9 Å². The molecule has 0 spiro atoms. The molecule has 2 aromatic carbocycles. The second-order valence-corrected chi connectivity index (χ2v) is 8.40. The summed E-state index contributed by atoms with van der Waals surface area (Å²) in [6.07, 6.45) is 0.930. The third-order valence-electron chi connectivity index (χ3n) is 4.60. The molecule has 150 valence electrons. The molecule has 0 aromatic heterocycles. The number of hydrogen-bond donors (Lipinski definition) is 2. The summed E-state index contributed by atoms with van der Waals surface area (Å²) >= 11 is 0. The molecule has 1 aliphatic rings. The molecule has 7 nitrogen and oxygen atoms in total. The Hall–Kier alpha value is -2.58. The Bertz CT molecular complexity index is 1020. The molecule has 0 unspecified atom stereocenters. The van der Waals surface area contributed by atoms with Gasteiger partial charge in [-0.05, 0) is 50.6 Å². The van der Waals surface area contributed by atoms with Crippen molar-refractivity contribution in [2.24, 2.45) is 5.14 Å². The van der Waals surface area contributed by atoms with Gasteiger partial charge in [0, 0.05) is 29.7 Å². The summed E-state index contributed by atoms with van der Waals surface area (Å²) in [4.78, 5) is 12.6. The lowest BCUT2D eigenvalue weighted by Gasteiger charge is -2.14. The van der Waals surface area contributed by atoms with Crippen molar-refractivity contribution in [1.29, 1.82) is 0 Å². The van der Waals surface area contributed by atoms with Crippen LogP contribution in [-0.4, -0.2) is 27.0 Å². The summed E-state index contributed by atoms with van der Waals surface area (Å²) in [5.41, 5.74) is 2.79. The topological polar surface area (TPSA) is 108 Å². The molecule has 0 fully saturated rings. The lowest BCUT2D eigenvalue weighted by Crippen LogP contribution is -2.24. The van der Waals surface area contributed by atoms with Crippen LogP contribution in [0.25, 0.3) is 0 Å². The molecular formula is C20H24N2O5S. The number of aryl methyl sites for hydroxylation is 1. The van der Waals surface area contributed by atoms with Crippen LogP contribution in [0.3, 0.4) is 0 Å². The highest BCUT2D eigenvalue weighted by molar-refractivity contribution is 7.89. The highest BCUT2D eigenvalue weighted by Crippen LogP contribution is 2.35. The number of carbonyl (C=O) groups excluding carboxylic acids is 1. The molecule has 0 bridgehead atoms. The van der Waals surface area contributed by atoms with E-state index in [4.69, 9.17) is 14.6 Å². The fraction of sp³-hybridized carbons (Fsp3) is 0.350. The Morgan fingerprint density at radius 1 is 1.32 bits per heavy atom. The fourth-order valence-corrected chi connectivity index (χ4v) is 3.74. The summed E-state index contributed by atoms with van der Waals surface area (Å²) in [5.74, 6) is 1.11. The average Bonchev–Trinajstić information content (AvgIpc) is 2.98. The summed E-state index contributed by atoms with van der Waals surface area (Å²) in [6.45, 7) is 6.36. The zero-order valence-corrected chi connectivity index (χ0v) is 16.9. The molecule has 1 atom stereocenters. The molecule has 0 aliphatic carbocycles. The Kier molecular flexibility index (Phi) is 5.62. The van der Waals surface area contributed by atoms with E-state index in [1.54, 1.807) is 13.0 Å². The number of ether oxygens (including phenoxy) is 2. The monoisotopic (exact) mass is 404 g/mol. The van der Waals surface area contributed by atoms with E-state index in [1.807, 2.05) is 26.0 Å². The van der Waals surface area contributed by atoms with Gasteiger partial charge in [0.05, 0.1) is 11.5 Å². The first-order valence-electron chi connectivity index (χ1n) is 9.06. The van der Waals surface area contributed by atoms with Crippen LogP contribution in [0.2, 0.25) is 0 Å². The van der Waals surface area contributed by atoms with Crippen LogP contribution in [0.5, 0.6) is 11.5 Å². The van der Waals surface area contributed by atoms with Gasteiger partial charge in [-0.15, -0.1) is 0 Å². The molecule has 2 aromatic rings. The van der Waals surface area contributed by atoms with Crippen LogP contribution in [0, 0.1) is 6.92 Å². The van der Waals surface area contributed by atoms with Crippen molar-refractivity contribution in [1.82, 2.24) is 5.32 Å². The predicted octanol–water partition coefficient (Wildman–Crippen LogP) is 2.29. The minimum atomic E-state index is -3.89. The molecule has 0 saturated heterocycles. The third-order valence-corrected chi connectivity index (χ3v) is 5.51. The third kappa shape index (κ3) is 4.28. The average molecular weight is 404 g/mol. The van der Waals surface area contributed by atoms with Crippen molar-refractivity contribution in [2.75, 3.05) is 6.61 Å². The molecule has 8 heteroatoms. The highest BCUT2D eigenvalue weighted by Gasteiger charge is 2.22. The van der Waals surface area contributed by atoms with Gasteiger partial charge in [-0.2, -0.15) is 0 Å². The second-order valence-electron chi connectivity index (χ2n) is 6.84. The SMILES string of the molecule is CCOc1cc2c(cc1CNC(=O)c1cc(S(N)(=O)=O)ccc1C)O[C@H](C)C2. The van der Waals surface area contributed by atoms with Crippen molar-refractivity contribution in [3.63, 3.8) is 0 Å². The molecule has 28 heavy (non-hydrogen) atoms. The molecule has 0 radical (unpaired) electrons. The van der Waals surface area contributed by atoms with Gasteiger partial charge in [0.25, 0.3) is 5.91 Å². The number of hydrogen-bond acceptors (Lipinski definition) is 5. The molecule has 3 rings (SSSR count). The van der Waals surface area contributed by atoms with E-state index < -0.39 is 10.0 Å². The highest BCUT2D eigenvalue weighted by atomic mass is 32.2. The van der Waals surface area contributed by atoms with Gasteiger partial charge in [-0.25, -0.2) is 13.6 Å². The van der Waals surface area contributed by atoms with Crippen LogP contribution in [0.4, 0.5) is 0 Å². The van der Waals surface area contributed by atoms with E-state index in [9.17, 15) is 13.2 Å². The van der Waals surface area contributed by atoms with E-state index in [1.165, 1.54) is 12.1 Å². The van der Waals surface area contributed by atoms with Crippen LogP contribution in [0.1, 0.15) is 40.9 Å². The first-order valence-corrected chi connectivity index (χ1v) is 10.6. The number of nitrogens with two attached hydrogens (primary N) is 1. The minimum absolute atomic E-state index is 0.0989. The summed E-state index contributed by atoms with van der Waals surface area (Å²) < 4.78 is 34.6. The minimum Gasteiger partial charge on any atom is -0.494 e.